The summed E-state index contributed by atoms with van der Waals surface area (Å²) in [5.74, 6) is -0.767. The quantitative estimate of drug-likeness (QED) is 0.764. The minimum Gasteiger partial charge on any atom is -0.444 e. The Labute approximate surface area is 185 Å². The van der Waals surface area contributed by atoms with E-state index in [9.17, 15) is 14.0 Å². The summed E-state index contributed by atoms with van der Waals surface area (Å²) in [6.07, 6.45) is 1.42. The molecule has 1 N–H and O–H groups in total. The Kier molecular flexibility index (Phi) is 6.83. The molecule has 1 aliphatic rings. The second kappa shape index (κ2) is 9.21. The molecule has 0 aliphatic carbocycles. The van der Waals surface area contributed by atoms with E-state index in [1.807, 2.05) is 20.8 Å². The number of likely N-dealkylation sites (tertiary alicyclic amines) is 1. The first-order chi connectivity index (χ1) is 14.5. The highest BCUT2D eigenvalue weighted by Crippen LogP contribution is 2.21. The van der Waals surface area contributed by atoms with Crippen LogP contribution < -0.4 is 5.32 Å². The van der Waals surface area contributed by atoms with Gasteiger partial charge in [-0.05, 0) is 64.7 Å². The van der Waals surface area contributed by atoms with Crippen LogP contribution in [-0.2, 0) is 4.74 Å². The molecule has 3 rings (SSSR count). The van der Waals surface area contributed by atoms with Crippen LogP contribution >= 0.6 is 11.6 Å². The number of ether oxygens (including phenoxy) is 1. The summed E-state index contributed by atoms with van der Waals surface area (Å²) in [5.41, 5.74) is 0.659. The summed E-state index contributed by atoms with van der Waals surface area (Å²) in [6, 6.07) is 4.17. The lowest BCUT2D eigenvalue weighted by Crippen LogP contribution is -2.45. The number of hydrogen-bond donors (Lipinski definition) is 1. The van der Waals surface area contributed by atoms with E-state index >= 15 is 0 Å². The number of benzene rings is 1. The second-order valence-electron chi connectivity index (χ2n) is 8.68. The van der Waals surface area contributed by atoms with Gasteiger partial charge in [-0.1, -0.05) is 16.8 Å². The van der Waals surface area contributed by atoms with E-state index in [-0.39, 0.29) is 28.6 Å². The fourth-order valence-corrected chi connectivity index (χ4v) is 3.62. The Morgan fingerprint density at radius 2 is 2.10 bits per heavy atom. The van der Waals surface area contributed by atoms with Gasteiger partial charge in [0, 0.05) is 19.6 Å². The van der Waals surface area contributed by atoms with Gasteiger partial charge in [0.15, 0.2) is 5.69 Å². The Morgan fingerprint density at radius 1 is 1.35 bits per heavy atom. The summed E-state index contributed by atoms with van der Waals surface area (Å²) in [5, 5.41) is 10.8. The summed E-state index contributed by atoms with van der Waals surface area (Å²) >= 11 is 5.84. The van der Waals surface area contributed by atoms with Gasteiger partial charge in [-0.2, -0.15) is 0 Å². The molecule has 0 radical (unpaired) electrons. The molecule has 0 bridgehead atoms. The van der Waals surface area contributed by atoms with E-state index in [4.69, 9.17) is 16.3 Å². The number of piperidine rings is 1. The van der Waals surface area contributed by atoms with E-state index in [1.54, 1.807) is 11.8 Å². The first-order valence-electron chi connectivity index (χ1n) is 10.2. The van der Waals surface area contributed by atoms with Crippen molar-refractivity contribution in [3.63, 3.8) is 0 Å². The zero-order chi connectivity index (χ0) is 22.8. The molecule has 0 saturated carbocycles. The predicted octanol–water partition coefficient (Wildman–Crippen LogP) is 3.75. The first-order valence-corrected chi connectivity index (χ1v) is 10.6. The minimum absolute atomic E-state index is 0.0368. The number of carbonyl (C=O) groups excluding carboxylic acids is 2. The highest BCUT2D eigenvalue weighted by Gasteiger charge is 2.28. The smallest absolute Gasteiger partial charge is 0.410 e. The molecule has 1 aliphatic heterocycles. The molecule has 10 heteroatoms. The number of nitrogens with zero attached hydrogens (tertiary/aromatic N) is 4. The fourth-order valence-electron chi connectivity index (χ4n) is 3.45. The van der Waals surface area contributed by atoms with Crippen molar-refractivity contribution in [1.29, 1.82) is 0 Å². The third kappa shape index (κ3) is 5.72. The van der Waals surface area contributed by atoms with Crippen molar-refractivity contribution in [2.24, 2.45) is 5.92 Å². The molecule has 2 heterocycles. The second-order valence-corrected chi connectivity index (χ2v) is 9.09. The topological polar surface area (TPSA) is 89.3 Å². The molecule has 1 fully saturated rings. The van der Waals surface area contributed by atoms with Crippen LogP contribution in [0, 0.1) is 18.7 Å². The van der Waals surface area contributed by atoms with E-state index < -0.39 is 11.4 Å². The largest absolute Gasteiger partial charge is 0.444 e. The summed E-state index contributed by atoms with van der Waals surface area (Å²) in [7, 11) is 0. The molecule has 1 aromatic carbocycles. The van der Waals surface area contributed by atoms with Gasteiger partial charge in [0.25, 0.3) is 5.91 Å². The highest BCUT2D eigenvalue weighted by molar-refractivity contribution is 6.30. The molecular formula is C21H27ClFN5O3. The van der Waals surface area contributed by atoms with Crippen molar-refractivity contribution < 1.29 is 18.7 Å². The normalized spacial score (nSPS) is 16.8. The fraction of sp³-hybridized carbons (Fsp3) is 0.524. The number of amides is 2. The number of hydrogen-bond acceptors (Lipinski definition) is 5. The van der Waals surface area contributed by atoms with Crippen LogP contribution in [0.4, 0.5) is 9.18 Å². The van der Waals surface area contributed by atoms with E-state index in [0.29, 0.717) is 31.0 Å². The molecule has 1 saturated heterocycles. The van der Waals surface area contributed by atoms with Crippen LogP contribution in [0.1, 0.15) is 49.8 Å². The lowest BCUT2D eigenvalue weighted by atomic mass is 9.98. The maximum Gasteiger partial charge on any atom is 0.410 e. The summed E-state index contributed by atoms with van der Waals surface area (Å²) in [4.78, 5) is 26.7. The van der Waals surface area contributed by atoms with Gasteiger partial charge in [0.1, 0.15) is 11.4 Å². The third-order valence-corrected chi connectivity index (χ3v) is 5.27. The molecule has 1 aromatic heterocycles. The maximum absolute atomic E-state index is 13.4. The molecule has 1 unspecified atom stereocenters. The van der Waals surface area contributed by atoms with Gasteiger partial charge >= 0.3 is 6.09 Å². The predicted molar refractivity (Wildman–Crippen MR) is 114 cm³/mol. The molecule has 2 aromatic rings. The monoisotopic (exact) mass is 451 g/mol. The minimum atomic E-state index is -0.545. The Bertz CT molecular complexity index is 972. The number of nitrogens with one attached hydrogen (secondary N) is 1. The lowest BCUT2D eigenvalue weighted by Gasteiger charge is -2.34. The average molecular weight is 452 g/mol. The summed E-state index contributed by atoms with van der Waals surface area (Å²) in [6.45, 7) is 8.79. The van der Waals surface area contributed by atoms with E-state index in [2.05, 4.69) is 15.6 Å². The van der Waals surface area contributed by atoms with Crippen LogP contribution in [-0.4, -0.2) is 57.1 Å². The van der Waals surface area contributed by atoms with Crippen molar-refractivity contribution in [2.45, 2.75) is 46.1 Å². The molecule has 8 nitrogen and oxygen atoms in total. The van der Waals surface area contributed by atoms with Crippen LogP contribution in [0.5, 0.6) is 0 Å². The van der Waals surface area contributed by atoms with Crippen LogP contribution in [0.3, 0.4) is 0 Å². The first kappa shape index (κ1) is 23.0. The number of carbonyl (C=O) groups is 2. The third-order valence-electron chi connectivity index (χ3n) is 4.98. The van der Waals surface area contributed by atoms with Gasteiger partial charge < -0.3 is 15.0 Å². The van der Waals surface area contributed by atoms with Crippen molar-refractivity contribution in [2.75, 3.05) is 19.6 Å². The average Bonchev–Trinajstić information content (AvgIpc) is 3.08. The Hall–Kier alpha value is -2.68. The van der Waals surface area contributed by atoms with Crippen LogP contribution in [0.15, 0.2) is 18.2 Å². The molecule has 2 amide bonds. The number of rotatable bonds is 4. The Morgan fingerprint density at radius 3 is 2.77 bits per heavy atom. The SMILES string of the molecule is Cc1c(C(=O)NCC2CCCN(C(=O)OC(C)(C)C)C2)nnn1-c1ccc(F)c(Cl)c1. The molecular weight excluding hydrogens is 425 g/mol. The molecule has 1 atom stereocenters. The van der Waals surface area contributed by atoms with Crippen molar-refractivity contribution >= 4 is 23.6 Å². The van der Waals surface area contributed by atoms with E-state index in [1.165, 1.54) is 22.9 Å². The van der Waals surface area contributed by atoms with Crippen LogP contribution in [0.2, 0.25) is 5.02 Å². The maximum atomic E-state index is 13.4. The zero-order valence-corrected chi connectivity index (χ0v) is 18.9. The van der Waals surface area contributed by atoms with Gasteiger partial charge in [0.05, 0.1) is 16.4 Å². The van der Waals surface area contributed by atoms with Gasteiger partial charge in [-0.3, -0.25) is 4.79 Å². The van der Waals surface area contributed by atoms with Gasteiger partial charge in [-0.25, -0.2) is 13.9 Å². The molecule has 168 valence electrons. The van der Waals surface area contributed by atoms with Gasteiger partial charge in [0.2, 0.25) is 0 Å². The number of aromatic nitrogens is 3. The van der Waals surface area contributed by atoms with Crippen LogP contribution in [0.25, 0.3) is 5.69 Å². The number of halogens is 2. The van der Waals surface area contributed by atoms with Crippen molar-refractivity contribution in [3.8, 4) is 5.69 Å². The van der Waals surface area contributed by atoms with Crippen molar-refractivity contribution in [1.82, 2.24) is 25.2 Å². The lowest BCUT2D eigenvalue weighted by molar-refractivity contribution is 0.0167. The standard InChI is InChI=1S/C21H27ClFN5O3/c1-13-18(25-26-28(13)15-7-8-17(23)16(22)10-15)19(29)24-11-14-6-5-9-27(12-14)20(30)31-21(2,3)4/h7-8,10,14H,5-6,9,11-12H2,1-4H3,(H,24,29). The van der Waals surface area contributed by atoms with Crippen molar-refractivity contribution in [3.05, 3.63) is 40.4 Å². The zero-order valence-electron chi connectivity index (χ0n) is 18.1. The molecule has 31 heavy (non-hydrogen) atoms. The van der Waals surface area contributed by atoms with Gasteiger partial charge in [-0.15, -0.1) is 5.10 Å². The van der Waals surface area contributed by atoms with E-state index in [0.717, 1.165) is 12.8 Å². The summed E-state index contributed by atoms with van der Waals surface area (Å²) < 4.78 is 20.3. The Balaban J connectivity index is 1.60. The molecule has 0 spiro atoms. The highest BCUT2D eigenvalue weighted by atomic mass is 35.5.